The van der Waals surface area contributed by atoms with Gasteiger partial charge in [0.15, 0.2) is 0 Å². The third-order valence-electron chi connectivity index (χ3n) is 6.12. The Bertz CT molecular complexity index is 581. The van der Waals surface area contributed by atoms with E-state index in [0.717, 1.165) is 42.3 Å². The Morgan fingerprint density at radius 3 is 2.80 bits per heavy atom. The predicted octanol–water partition coefficient (Wildman–Crippen LogP) is 2.89. The highest BCUT2D eigenvalue weighted by Gasteiger charge is 2.67. The van der Waals surface area contributed by atoms with Crippen LogP contribution < -0.4 is 10.6 Å². The number of hydrogen-bond donors (Lipinski definition) is 2. The summed E-state index contributed by atoms with van der Waals surface area (Å²) in [6, 6.07) is 6.26. The number of anilines is 2. The Kier molecular flexibility index (Phi) is 2.11. The summed E-state index contributed by atoms with van der Waals surface area (Å²) in [5.41, 5.74) is 3.54. The van der Waals surface area contributed by atoms with Crippen molar-refractivity contribution in [3.63, 3.8) is 0 Å². The first-order valence-electron chi connectivity index (χ1n) is 7.99. The number of nitrogens with one attached hydrogen (secondary N) is 2. The average molecular weight is 268 g/mol. The molecule has 104 valence electrons. The minimum Gasteiger partial charge on any atom is -0.384 e. The van der Waals surface area contributed by atoms with Crippen molar-refractivity contribution in [3.05, 3.63) is 23.8 Å². The molecule has 0 radical (unpaired) electrons. The number of fused-ring (bicyclic) bond motifs is 6. The lowest BCUT2D eigenvalue weighted by Gasteiger charge is -2.10. The molecule has 0 aromatic heterocycles. The molecule has 3 aliphatic carbocycles. The number of amides is 1. The minimum atomic E-state index is 0.280. The van der Waals surface area contributed by atoms with Gasteiger partial charge in [0, 0.05) is 23.8 Å². The Labute approximate surface area is 119 Å². The summed E-state index contributed by atoms with van der Waals surface area (Å²) in [4.78, 5) is 12.5. The third-order valence-corrected chi connectivity index (χ3v) is 6.12. The van der Waals surface area contributed by atoms with Crippen molar-refractivity contribution in [2.24, 2.45) is 29.6 Å². The molecule has 3 heteroatoms. The highest BCUT2D eigenvalue weighted by atomic mass is 16.2. The van der Waals surface area contributed by atoms with Gasteiger partial charge in [-0.2, -0.15) is 0 Å². The van der Waals surface area contributed by atoms with Gasteiger partial charge in [0.25, 0.3) is 0 Å². The molecule has 2 N–H and O–H groups in total. The molecule has 4 atom stereocenters. The highest BCUT2D eigenvalue weighted by molar-refractivity contribution is 5.95. The summed E-state index contributed by atoms with van der Waals surface area (Å²) < 4.78 is 0. The molecule has 1 aromatic carbocycles. The number of rotatable bonds is 2. The van der Waals surface area contributed by atoms with Gasteiger partial charge in [0.2, 0.25) is 5.91 Å². The zero-order valence-electron chi connectivity index (χ0n) is 11.6. The van der Waals surface area contributed by atoms with E-state index in [1.54, 1.807) is 0 Å². The van der Waals surface area contributed by atoms with Gasteiger partial charge in [-0.25, -0.2) is 0 Å². The van der Waals surface area contributed by atoms with Crippen molar-refractivity contribution in [2.75, 3.05) is 17.2 Å². The summed E-state index contributed by atoms with van der Waals surface area (Å²) >= 11 is 0. The van der Waals surface area contributed by atoms with Gasteiger partial charge in [-0.15, -0.1) is 0 Å². The molecule has 4 unspecified atom stereocenters. The van der Waals surface area contributed by atoms with Crippen LogP contribution in [-0.4, -0.2) is 12.5 Å². The van der Waals surface area contributed by atoms with E-state index in [4.69, 9.17) is 0 Å². The fourth-order valence-corrected chi connectivity index (χ4v) is 5.28. The van der Waals surface area contributed by atoms with Gasteiger partial charge in [-0.05, 0) is 73.1 Å². The van der Waals surface area contributed by atoms with Gasteiger partial charge in [0.1, 0.15) is 0 Å². The van der Waals surface area contributed by atoms with Gasteiger partial charge >= 0.3 is 0 Å². The Hall–Kier alpha value is -1.51. The first-order valence-corrected chi connectivity index (χ1v) is 7.99. The van der Waals surface area contributed by atoms with Crippen LogP contribution in [0.1, 0.15) is 24.8 Å². The summed E-state index contributed by atoms with van der Waals surface area (Å²) in [7, 11) is 0. The van der Waals surface area contributed by atoms with Crippen LogP contribution in [0.15, 0.2) is 18.2 Å². The van der Waals surface area contributed by atoms with Crippen LogP contribution in [0.5, 0.6) is 0 Å². The maximum atomic E-state index is 12.5. The fourth-order valence-electron chi connectivity index (χ4n) is 5.28. The Morgan fingerprint density at radius 2 is 2.00 bits per heavy atom. The summed E-state index contributed by atoms with van der Waals surface area (Å²) in [5, 5.41) is 6.52. The normalized spacial score (nSPS) is 39.1. The van der Waals surface area contributed by atoms with Crippen molar-refractivity contribution in [1.29, 1.82) is 0 Å². The molecule has 1 aliphatic heterocycles. The molecule has 2 bridgehead atoms. The minimum absolute atomic E-state index is 0.280. The van der Waals surface area contributed by atoms with E-state index in [1.807, 2.05) is 6.07 Å². The van der Waals surface area contributed by atoms with E-state index in [1.165, 1.54) is 30.5 Å². The van der Waals surface area contributed by atoms with Crippen molar-refractivity contribution in [3.8, 4) is 0 Å². The molecule has 1 aromatic rings. The van der Waals surface area contributed by atoms with Gasteiger partial charge < -0.3 is 10.6 Å². The van der Waals surface area contributed by atoms with E-state index in [0.29, 0.717) is 5.92 Å². The van der Waals surface area contributed by atoms with Crippen LogP contribution in [0.2, 0.25) is 0 Å². The molecule has 0 saturated heterocycles. The smallest absolute Gasteiger partial charge is 0.228 e. The summed E-state index contributed by atoms with van der Waals surface area (Å²) in [5.74, 6) is 3.79. The molecule has 1 amide bonds. The molecular weight excluding hydrogens is 248 g/mol. The van der Waals surface area contributed by atoms with Crippen molar-refractivity contribution < 1.29 is 4.79 Å². The number of benzene rings is 1. The Balaban J connectivity index is 1.32. The standard InChI is InChI=1S/C17H20N2O/c20-17(16-14-10-1-2-11(7-10)15(14)16)19-12-3-4-13-9(8-12)5-6-18-13/h3-4,8,10-11,14-16,18H,1-2,5-7H2,(H,19,20). The number of hydrogen-bond acceptors (Lipinski definition) is 2. The van der Waals surface area contributed by atoms with Gasteiger partial charge in [0.05, 0.1) is 0 Å². The van der Waals surface area contributed by atoms with E-state index in [2.05, 4.69) is 22.8 Å². The molecule has 3 fully saturated rings. The lowest BCUT2D eigenvalue weighted by Crippen LogP contribution is -2.18. The second-order valence-electron chi connectivity index (χ2n) is 7.05. The molecule has 3 saturated carbocycles. The lowest BCUT2D eigenvalue weighted by atomic mass is 10.0. The van der Waals surface area contributed by atoms with Gasteiger partial charge in [-0.3, -0.25) is 4.79 Å². The lowest BCUT2D eigenvalue weighted by molar-refractivity contribution is -0.118. The Morgan fingerprint density at radius 1 is 1.20 bits per heavy atom. The SMILES string of the molecule is O=C(Nc1ccc2c(c1)CCN2)C1C2C3CCC(C3)C12. The van der Waals surface area contributed by atoms with Crippen LogP contribution in [-0.2, 0) is 11.2 Å². The maximum Gasteiger partial charge on any atom is 0.228 e. The molecular formula is C17H20N2O. The van der Waals surface area contributed by atoms with Crippen LogP contribution in [0.4, 0.5) is 11.4 Å². The van der Waals surface area contributed by atoms with Crippen LogP contribution in [0.25, 0.3) is 0 Å². The summed E-state index contributed by atoms with van der Waals surface area (Å²) in [6.45, 7) is 1.02. The molecule has 4 aliphatic rings. The van der Waals surface area contributed by atoms with E-state index in [-0.39, 0.29) is 5.91 Å². The van der Waals surface area contributed by atoms with Crippen molar-refractivity contribution in [1.82, 2.24) is 0 Å². The first-order chi connectivity index (χ1) is 9.81. The maximum absolute atomic E-state index is 12.5. The predicted molar refractivity (Wildman–Crippen MR) is 78.6 cm³/mol. The molecule has 1 heterocycles. The van der Waals surface area contributed by atoms with Crippen LogP contribution in [0, 0.1) is 29.6 Å². The number of carbonyl (C=O) groups excluding carboxylic acids is 1. The second-order valence-corrected chi connectivity index (χ2v) is 7.05. The van der Waals surface area contributed by atoms with Crippen molar-refractivity contribution in [2.45, 2.75) is 25.7 Å². The van der Waals surface area contributed by atoms with E-state index >= 15 is 0 Å². The van der Waals surface area contributed by atoms with Crippen molar-refractivity contribution >= 4 is 17.3 Å². The number of carbonyl (C=O) groups is 1. The van der Waals surface area contributed by atoms with E-state index in [9.17, 15) is 4.79 Å². The average Bonchev–Trinajstić information content (AvgIpc) is 2.83. The molecule has 3 nitrogen and oxygen atoms in total. The second kappa shape index (κ2) is 3.78. The molecule has 0 spiro atoms. The zero-order valence-corrected chi connectivity index (χ0v) is 11.6. The third kappa shape index (κ3) is 1.44. The summed E-state index contributed by atoms with van der Waals surface area (Å²) in [6.07, 6.45) is 5.22. The highest BCUT2D eigenvalue weighted by Crippen LogP contribution is 2.69. The fraction of sp³-hybridized carbons (Fsp3) is 0.588. The quantitative estimate of drug-likeness (QED) is 0.866. The van der Waals surface area contributed by atoms with Crippen LogP contribution >= 0.6 is 0 Å². The largest absolute Gasteiger partial charge is 0.384 e. The zero-order chi connectivity index (χ0) is 13.3. The molecule has 20 heavy (non-hydrogen) atoms. The van der Waals surface area contributed by atoms with E-state index < -0.39 is 0 Å². The van der Waals surface area contributed by atoms with Crippen LogP contribution in [0.3, 0.4) is 0 Å². The first kappa shape index (κ1) is 11.2. The molecule has 5 rings (SSSR count). The van der Waals surface area contributed by atoms with Gasteiger partial charge in [-0.1, -0.05) is 0 Å². The topological polar surface area (TPSA) is 41.1 Å². The monoisotopic (exact) mass is 268 g/mol.